The van der Waals surface area contributed by atoms with Gasteiger partial charge in [-0.05, 0) is 53.3 Å². The number of hydrogen-bond donors (Lipinski definition) is 0. The van der Waals surface area contributed by atoms with Crippen LogP contribution >= 0.6 is 0 Å². The number of nitriles is 1. The van der Waals surface area contributed by atoms with Gasteiger partial charge in [-0.2, -0.15) is 5.26 Å². The van der Waals surface area contributed by atoms with Crippen LogP contribution in [0, 0.1) is 16.7 Å². The van der Waals surface area contributed by atoms with E-state index in [1.807, 2.05) is 24.3 Å². The molecule has 2 aliphatic rings. The Bertz CT molecular complexity index is 1050. The standard InChI is InChI=1S/C21H16N4O2/c22-12-21(5-6-21)20(26)25-11-16-9-15(14-3-7-23-8-4-14)1-2-17(16)19(25)18-10-24-13-27-18/h1-4,7-10,13,19H,5-6,11H2/t19-/m0/s1. The zero-order chi connectivity index (χ0) is 18.4. The van der Waals surface area contributed by atoms with Crippen LogP contribution in [-0.4, -0.2) is 20.8 Å². The number of nitrogens with zero attached hydrogens (tertiary/aromatic N) is 4. The van der Waals surface area contributed by atoms with E-state index in [0.717, 1.165) is 22.3 Å². The van der Waals surface area contributed by atoms with E-state index >= 15 is 0 Å². The van der Waals surface area contributed by atoms with Gasteiger partial charge in [0.2, 0.25) is 5.91 Å². The normalized spacial score (nSPS) is 19.4. The second kappa shape index (κ2) is 5.78. The molecule has 0 saturated heterocycles. The van der Waals surface area contributed by atoms with Crippen molar-refractivity contribution in [3.05, 3.63) is 72.2 Å². The molecule has 6 heteroatoms. The van der Waals surface area contributed by atoms with Crippen molar-refractivity contribution in [3.8, 4) is 17.2 Å². The highest BCUT2D eigenvalue weighted by molar-refractivity contribution is 5.89. The Kier molecular flexibility index (Phi) is 3.37. The van der Waals surface area contributed by atoms with E-state index in [4.69, 9.17) is 4.42 Å². The van der Waals surface area contributed by atoms with Gasteiger partial charge in [-0.25, -0.2) is 4.98 Å². The SMILES string of the molecule is N#CC1(C(=O)N2Cc3cc(-c4ccncc4)ccc3[C@H]2c2cnco2)CC1. The second-order valence-electron chi connectivity index (χ2n) is 7.08. The van der Waals surface area contributed by atoms with Gasteiger partial charge in [-0.3, -0.25) is 9.78 Å². The zero-order valence-corrected chi connectivity index (χ0v) is 14.5. The lowest BCUT2D eigenvalue weighted by molar-refractivity contribution is -0.137. The molecule has 1 aliphatic heterocycles. The number of rotatable bonds is 3. The fourth-order valence-corrected chi connectivity index (χ4v) is 3.81. The minimum Gasteiger partial charge on any atom is -0.446 e. The third-order valence-electron chi connectivity index (χ3n) is 5.46. The first kappa shape index (κ1) is 15.8. The van der Waals surface area contributed by atoms with E-state index < -0.39 is 5.41 Å². The molecule has 0 N–H and O–H groups in total. The summed E-state index contributed by atoms with van der Waals surface area (Å²) in [6, 6.07) is 12.0. The Labute approximate surface area is 156 Å². The molecule has 2 aromatic heterocycles. The number of carbonyl (C=O) groups excluding carboxylic acids is 1. The summed E-state index contributed by atoms with van der Waals surface area (Å²) in [6.45, 7) is 0.460. The minimum atomic E-state index is -0.867. The van der Waals surface area contributed by atoms with Gasteiger partial charge >= 0.3 is 0 Å². The van der Waals surface area contributed by atoms with Crippen molar-refractivity contribution in [2.24, 2.45) is 5.41 Å². The predicted octanol–water partition coefficient (Wildman–Crippen LogP) is 3.47. The van der Waals surface area contributed by atoms with Gasteiger partial charge in [-0.1, -0.05) is 12.1 Å². The smallest absolute Gasteiger partial charge is 0.244 e. The van der Waals surface area contributed by atoms with Crippen LogP contribution < -0.4 is 0 Å². The largest absolute Gasteiger partial charge is 0.446 e. The van der Waals surface area contributed by atoms with Gasteiger partial charge in [0.05, 0.1) is 12.3 Å². The van der Waals surface area contributed by atoms with Gasteiger partial charge in [0.1, 0.15) is 11.5 Å². The average Bonchev–Trinajstić information content (AvgIpc) is 3.16. The number of oxazole rings is 1. The van der Waals surface area contributed by atoms with Gasteiger partial charge in [-0.15, -0.1) is 0 Å². The fourth-order valence-electron chi connectivity index (χ4n) is 3.81. The molecule has 3 heterocycles. The summed E-state index contributed by atoms with van der Waals surface area (Å²) in [5.41, 5.74) is 3.36. The summed E-state index contributed by atoms with van der Waals surface area (Å²) in [4.78, 5) is 23.0. The summed E-state index contributed by atoms with van der Waals surface area (Å²) in [5.74, 6) is 0.501. The highest BCUT2D eigenvalue weighted by Crippen LogP contribution is 2.50. The molecule has 0 spiro atoms. The molecule has 5 rings (SSSR count). The highest BCUT2D eigenvalue weighted by atomic mass is 16.3. The van der Waals surface area contributed by atoms with E-state index in [9.17, 15) is 10.1 Å². The molecule has 6 nitrogen and oxygen atoms in total. The van der Waals surface area contributed by atoms with E-state index in [0.29, 0.717) is 25.1 Å². The third-order valence-corrected chi connectivity index (χ3v) is 5.46. The average molecular weight is 356 g/mol. The lowest BCUT2D eigenvalue weighted by atomic mass is 9.97. The van der Waals surface area contributed by atoms with Gasteiger partial charge in [0.25, 0.3) is 0 Å². The van der Waals surface area contributed by atoms with Crippen LogP contribution in [0.4, 0.5) is 0 Å². The molecule has 1 atom stereocenters. The molecule has 0 bridgehead atoms. The Morgan fingerprint density at radius 1 is 1.19 bits per heavy atom. The lowest BCUT2D eigenvalue weighted by Gasteiger charge is -2.25. The number of fused-ring (bicyclic) bond motifs is 1. The minimum absolute atomic E-state index is 0.118. The topological polar surface area (TPSA) is 83.0 Å². The summed E-state index contributed by atoms with van der Waals surface area (Å²) in [5, 5.41) is 9.47. The quantitative estimate of drug-likeness (QED) is 0.717. The second-order valence-corrected chi connectivity index (χ2v) is 7.08. The van der Waals surface area contributed by atoms with Crippen LogP contribution in [0.15, 0.2) is 59.7 Å². The van der Waals surface area contributed by atoms with Crippen molar-refractivity contribution < 1.29 is 9.21 Å². The first-order chi connectivity index (χ1) is 13.2. The Morgan fingerprint density at radius 2 is 2.00 bits per heavy atom. The van der Waals surface area contributed by atoms with Crippen molar-refractivity contribution >= 4 is 5.91 Å². The number of benzene rings is 1. The van der Waals surface area contributed by atoms with Gasteiger partial charge in [0, 0.05) is 18.9 Å². The summed E-state index contributed by atoms with van der Waals surface area (Å²) in [7, 11) is 0. The molecule has 0 radical (unpaired) electrons. The maximum absolute atomic E-state index is 13.1. The zero-order valence-electron chi connectivity index (χ0n) is 14.5. The van der Waals surface area contributed by atoms with Crippen molar-refractivity contribution in [1.82, 2.24) is 14.9 Å². The number of aromatic nitrogens is 2. The van der Waals surface area contributed by atoms with Gasteiger partial charge < -0.3 is 9.32 Å². The van der Waals surface area contributed by atoms with E-state index in [-0.39, 0.29) is 11.9 Å². The predicted molar refractivity (Wildman–Crippen MR) is 95.8 cm³/mol. The van der Waals surface area contributed by atoms with Crippen molar-refractivity contribution in [1.29, 1.82) is 5.26 Å². The summed E-state index contributed by atoms with van der Waals surface area (Å²) >= 11 is 0. The molecule has 1 saturated carbocycles. The van der Waals surface area contributed by atoms with Crippen molar-refractivity contribution in [3.63, 3.8) is 0 Å². The van der Waals surface area contributed by atoms with Crippen LogP contribution in [0.1, 0.15) is 35.8 Å². The molecule has 1 aliphatic carbocycles. The third kappa shape index (κ3) is 2.43. The van der Waals surface area contributed by atoms with E-state index in [2.05, 4.69) is 22.1 Å². The Balaban J connectivity index is 1.58. The molecule has 27 heavy (non-hydrogen) atoms. The van der Waals surface area contributed by atoms with E-state index in [1.54, 1.807) is 23.5 Å². The van der Waals surface area contributed by atoms with Gasteiger partial charge in [0.15, 0.2) is 12.2 Å². The fraction of sp³-hybridized carbons (Fsp3) is 0.238. The monoisotopic (exact) mass is 356 g/mol. The molecular weight excluding hydrogens is 340 g/mol. The van der Waals surface area contributed by atoms with Crippen molar-refractivity contribution in [2.75, 3.05) is 0 Å². The molecule has 3 aromatic rings. The van der Waals surface area contributed by atoms with Crippen LogP contribution in [0.25, 0.3) is 11.1 Å². The molecule has 132 valence electrons. The molecule has 1 fully saturated rings. The molecule has 1 amide bonds. The van der Waals surface area contributed by atoms with E-state index in [1.165, 1.54) is 6.39 Å². The van der Waals surface area contributed by atoms with Crippen LogP contribution in [0.2, 0.25) is 0 Å². The lowest BCUT2D eigenvalue weighted by Crippen LogP contribution is -2.35. The molecule has 1 aromatic carbocycles. The van der Waals surface area contributed by atoms with Crippen LogP contribution in [0.5, 0.6) is 0 Å². The molecule has 0 unspecified atom stereocenters. The van der Waals surface area contributed by atoms with Crippen LogP contribution in [-0.2, 0) is 11.3 Å². The maximum Gasteiger partial charge on any atom is 0.244 e. The Morgan fingerprint density at radius 3 is 2.67 bits per heavy atom. The van der Waals surface area contributed by atoms with Crippen LogP contribution in [0.3, 0.4) is 0 Å². The number of amides is 1. The number of carbonyl (C=O) groups is 1. The number of pyridine rings is 1. The summed E-state index contributed by atoms with van der Waals surface area (Å²) < 4.78 is 5.54. The first-order valence-electron chi connectivity index (χ1n) is 8.86. The number of hydrogen-bond acceptors (Lipinski definition) is 5. The Hall–Kier alpha value is -3.46. The molecular formula is C21H16N4O2. The highest BCUT2D eigenvalue weighted by Gasteiger charge is 2.55. The maximum atomic E-state index is 13.1. The first-order valence-corrected chi connectivity index (χ1v) is 8.86. The summed E-state index contributed by atoms with van der Waals surface area (Å²) in [6.07, 6.45) is 7.79. The van der Waals surface area contributed by atoms with Crippen molar-refractivity contribution in [2.45, 2.75) is 25.4 Å².